The lowest BCUT2D eigenvalue weighted by atomic mass is 10.1. The van der Waals surface area contributed by atoms with Crippen molar-refractivity contribution >= 4 is 27.5 Å². The van der Waals surface area contributed by atoms with Gasteiger partial charge in [0.05, 0.1) is 5.69 Å². The van der Waals surface area contributed by atoms with E-state index in [4.69, 9.17) is 13.7 Å². The second-order valence-electron chi connectivity index (χ2n) is 6.15. The van der Waals surface area contributed by atoms with E-state index in [1.165, 1.54) is 0 Å². The predicted molar refractivity (Wildman–Crippen MR) is 110 cm³/mol. The summed E-state index contributed by atoms with van der Waals surface area (Å²) in [5.41, 5.74) is 1.21. The minimum atomic E-state index is -0.383. The van der Waals surface area contributed by atoms with Gasteiger partial charge in [0.15, 0.2) is 5.76 Å². The number of ether oxygens (including phenoxy) is 1. The van der Waals surface area contributed by atoms with Gasteiger partial charge < -0.3 is 19.0 Å². The molecular formula is C21H16BrN3O4. The van der Waals surface area contributed by atoms with E-state index in [9.17, 15) is 4.79 Å². The summed E-state index contributed by atoms with van der Waals surface area (Å²) in [4.78, 5) is 16.8. The molecule has 8 heteroatoms. The van der Waals surface area contributed by atoms with Crippen LogP contribution < -0.4 is 10.1 Å². The lowest BCUT2D eigenvalue weighted by Crippen LogP contribution is -2.11. The van der Waals surface area contributed by atoms with Crippen LogP contribution in [0.25, 0.3) is 11.4 Å². The summed E-state index contributed by atoms with van der Waals surface area (Å²) < 4.78 is 17.3. The van der Waals surface area contributed by atoms with Gasteiger partial charge in [0.25, 0.3) is 5.91 Å². The van der Waals surface area contributed by atoms with E-state index in [1.807, 2.05) is 36.4 Å². The third-order valence-electron chi connectivity index (χ3n) is 4.01. The molecule has 0 saturated heterocycles. The lowest BCUT2D eigenvalue weighted by Gasteiger charge is -2.07. The van der Waals surface area contributed by atoms with Gasteiger partial charge in [-0.05, 0) is 42.5 Å². The van der Waals surface area contributed by atoms with E-state index in [0.29, 0.717) is 34.5 Å². The number of amides is 1. The van der Waals surface area contributed by atoms with Crippen LogP contribution in [0.2, 0.25) is 0 Å². The summed E-state index contributed by atoms with van der Waals surface area (Å²) >= 11 is 3.40. The summed E-state index contributed by atoms with van der Waals surface area (Å²) in [7, 11) is 0. The molecule has 1 N–H and O–H groups in total. The molecule has 0 spiro atoms. The predicted octanol–water partition coefficient (Wildman–Crippen LogP) is 5.23. The Labute approximate surface area is 174 Å². The Morgan fingerprint density at radius 1 is 1.14 bits per heavy atom. The largest absolute Gasteiger partial charge is 0.486 e. The number of carbonyl (C=O) groups excluding carboxylic acids is 1. The molecule has 4 rings (SSSR count). The average molecular weight is 454 g/mol. The summed E-state index contributed by atoms with van der Waals surface area (Å²) in [5, 5.41) is 6.74. The molecule has 29 heavy (non-hydrogen) atoms. The average Bonchev–Trinajstić information content (AvgIpc) is 3.36. The molecule has 0 aliphatic heterocycles. The highest BCUT2D eigenvalue weighted by molar-refractivity contribution is 9.10. The van der Waals surface area contributed by atoms with Gasteiger partial charge in [0, 0.05) is 17.0 Å². The zero-order chi connectivity index (χ0) is 20.2. The lowest BCUT2D eigenvalue weighted by molar-refractivity contribution is 0.0992. The Kier molecular flexibility index (Phi) is 5.44. The first-order valence-corrected chi connectivity index (χ1v) is 9.56. The van der Waals surface area contributed by atoms with Crippen LogP contribution in [0.1, 0.15) is 22.2 Å². The van der Waals surface area contributed by atoms with Crippen molar-refractivity contribution in [1.82, 2.24) is 10.1 Å². The maximum atomic E-state index is 12.6. The molecule has 7 nitrogen and oxygen atoms in total. The van der Waals surface area contributed by atoms with E-state index >= 15 is 0 Å². The van der Waals surface area contributed by atoms with Gasteiger partial charge >= 0.3 is 0 Å². The SMILES string of the molecule is Cc1nc(-c2ccccc2NC(=O)c2ccc(COc3cccc(Br)c3)o2)no1. The van der Waals surface area contributed by atoms with Gasteiger partial charge in [0.1, 0.15) is 18.1 Å². The molecule has 0 fully saturated rings. The number of rotatable bonds is 6. The van der Waals surface area contributed by atoms with Crippen molar-refractivity contribution < 1.29 is 18.5 Å². The first kappa shape index (κ1) is 18.9. The van der Waals surface area contributed by atoms with E-state index < -0.39 is 0 Å². The van der Waals surface area contributed by atoms with Crippen molar-refractivity contribution in [1.29, 1.82) is 0 Å². The number of nitrogens with one attached hydrogen (secondary N) is 1. The van der Waals surface area contributed by atoms with Crippen molar-refractivity contribution in [3.8, 4) is 17.1 Å². The number of aryl methyl sites for hydroxylation is 1. The Morgan fingerprint density at radius 2 is 2.00 bits per heavy atom. The molecule has 0 unspecified atom stereocenters. The monoisotopic (exact) mass is 453 g/mol. The van der Waals surface area contributed by atoms with Crippen LogP contribution in [0.3, 0.4) is 0 Å². The van der Waals surface area contributed by atoms with Crippen LogP contribution in [0.5, 0.6) is 5.75 Å². The molecule has 146 valence electrons. The number of hydrogen-bond donors (Lipinski definition) is 1. The number of halogens is 1. The van der Waals surface area contributed by atoms with Crippen molar-refractivity contribution in [3.63, 3.8) is 0 Å². The van der Waals surface area contributed by atoms with Crippen molar-refractivity contribution in [3.05, 3.63) is 82.5 Å². The fraction of sp³-hybridized carbons (Fsp3) is 0.0952. The standard InChI is InChI=1S/C21H16BrN3O4/c1-13-23-20(25-29-13)17-7-2-3-8-18(17)24-21(26)19-10-9-16(28-19)12-27-15-6-4-5-14(22)11-15/h2-11H,12H2,1H3,(H,24,26). The smallest absolute Gasteiger partial charge is 0.291 e. The maximum absolute atomic E-state index is 12.6. The summed E-state index contributed by atoms with van der Waals surface area (Å²) in [6.45, 7) is 1.92. The molecule has 0 aliphatic carbocycles. The van der Waals surface area contributed by atoms with Crippen LogP contribution in [-0.4, -0.2) is 16.0 Å². The first-order chi connectivity index (χ1) is 14.1. The highest BCUT2D eigenvalue weighted by Gasteiger charge is 2.16. The van der Waals surface area contributed by atoms with Gasteiger partial charge in [-0.15, -0.1) is 0 Å². The molecule has 0 saturated carbocycles. The second kappa shape index (κ2) is 8.32. The Bertz CT molecular complexity index is 1150. The normalized spacial score (nSPS) is 10.7. The van der Waals surface area contributed by atoms with E-state index in [0.717, 1.165) is 4.47 Å². The highest BCUT2D eigenvalue weighted by atomic mass is 79.9. The van der Waals surface area contributed by atoms with Gasteiger partial charge in [-0.1, -0.05) is 39.3 Å². The van der Waals surface area contributed by atoms with Crippen LogP contribution in [0.15, 0.2) is 74.1 Å². The molecule has 0 aliphatic rings. The van der Waals surface area contributed by atoms with Crippen LogP contribution >= 0.6 is 15.9 Å². The number of nitrogens with zero attached hydrogens (tertiary/aromatic N) is 2. The summed E-state index contributed by atoms with van der Waals surface area (Å²) in [6, 6.07) is 18.0. The third kappa shape index (κ3) is 4.55. The number of para-hydroxylation sites is 1. The molecule has 1 amide bonds. The Hall–Kier alpha value is -3.39. The number of anilines is 1. The molecule has 0 bridgehead atoms. The zero-order valence-corrected chi connectivity index (χ0v) is 17.0. The quantitative estimate of drug-likeness (QED) is 0.429. The van der Waals surface area contributed by atoms with E-state index in [-0.39, 0.29) is 18.3 Å². The molecule has 0 atom stereocenters. The number of furan rings is 1. The number of benzene rings is 2. The fourth-order valence-corrected chi connectivity index (χ4v) is 3.05. The van der Waals surface area contributed by atoms with E-state index in [2.05, 4.69) is 31.4 Å². The number of aromatic nitrogens is 2. The Balaban J connectivity index is 1.45. The van der Waals surface area contributed by atoms with Crippen LogP contribution in [-0.2, 0) is 6.61 Å². The Morgan fingerprint density at radius 3 is 2.79 bits per heavy atom. The van der Waals surface area contributed by atoms with Gasteiger partial charge in [-0.2, -0.15) is 4.98 Å². The molecular weight excluding hydrogens is 438 g/mol. The molecule has 4 aromatic rings. The minimum absolute atomic E-state index is 0.178. The van der Waals surface area contributed by atoms with Gasteiger partial charge in [-0.3, -0.25) is 4.79 Å². The molecule has 2 aromatic carbocycles. The zero-order valence-electron chi connectivity index (χ0n) is 15.4. The molecule has 2 aromatic heterocycles. The maximum Gasteiger partial charge on any atom is 0.291 e. The fourth-order valence-electron chi connectivity index (χ4n) is 2.67. The van der Waals surface area contributed by atoms with Gasteiger partial charge in [0.2, 0.25) is 11.7 Å². The van der Waals surface area contributed by atoms with Crippen LogP contribution in [0, 0.1) is 6.92 Å². The second-order valence-corrected chi connectivity index (χ2v) is 7.06. The molecule has 0 radical (unpaired) electrons. The summed E-state index contributed by atoms with van der Waals surface area (Å²) in [5.74, 6) is 1.88. The third-order valence-corrected chi connectivity index (χ3v) is 4.50. The highest BCUT2D eigenvalue weighted by Crippen LogP contribution is 2.26. The van der Waals surface area contributed by atoms with Crippen molar-refractivity contribution in [2.24, 2.45) is 0 Å². The van der Waals surface area contributed by atoms with Crippen LogP contribution in [0.4, 0.5) is 5.69 Å². The number of carbonyl (C=O) groups is 1. The van der Waals surface area contributed by atoms with E-state index in [1.54, 1.807) is 31.2 Å². The minimum Gasteiger partial charge on any atom is -0.486 e. The first-order valence-electron chi connectivity index (χ1n) is 8.76. The number of hydrogen-bond acceptors (Lipinski definition) is 6. The molecule has 2 heterocycles. The van der Waals surface area contributed by atoms with Gasteiger partial charge in [-0.25, -0.2) is 0 Å². The summed E-state index contributed by atoms with van der Waals surface area (Å²) in [6.07, 6.45) is 0. The topological polar surface area (TPSA) is 90.4 Å². The van der Waals surface area contributed by atoms with Crippen molar-refractivity contribution in [2.45, 2.75) is 13.5 Å². The van der Waals surface area contributed by atoms with Crippen molar-refractivity contribution in [2.75, 3.05) is 5.32 Å².